The molecule has 230 valence electrons. The summed E-state index contributed by atoms with van der Waals surface area (Å²) in [4.78, 5) is 30.4. The molecule has 5 rings (SSSR count). The molecule has 1 aromatic heterocycles. The molecule has 0 radical (unpaired) electrons. The zero-order valence-electron chi connectivity index (χ0n) is 22.7. The van der Waals surface area contributed by atoms with Gasteiger partial charge in [0, 0.05) is 36.6 Å². The van der Waals surface area contributed by atoms with Gasteiger partial charge in [-0.1, -0.05) is 23.7 Å². The number of carbonyl (C=O) groups is 2. The number of hydrogen-bond donors (Lipinski definition) is 4. The fourth-order valence-electron chi connectivity index (χ4n) is 4.70. The van der Waals surface area contributed by atoms with E-state index in [4.69, 9.17) is 21.5 Å². The number of aromatic nitrogens is 2. The van der Waals surface area contributed by atoms with Gasteiger partial charge in [-0.2, -0.15) is 30.9 Å². The van der Waals surface area contributed by atoms with Crippen LogP contribution in [0.25, 0.3) is 0 Å². The normalized spacial score (nSPS) is 15.7. The monoisotopic (exact) mass is 639 g/mol. The summed E-state index contributed by atoms with van der Waals surface area (Å²) in [6.07, 6.45) is -1.15. The van der Waals surface area contributed by atoms with Gasteiger partial charge in [0.1, 0.15) is 5.02 Å². The number of aryl methyl sites for hydroxylation is 2. The summed E-state index contributed by atoms with van der Waals surface area (Å²) in [5.74, 6) is 0.919. The fourth-order valence-corrected chi connectivity index (χ4v) is 5.55. The van der Waals surface area contributed by atoms with Gasteiger partial charge in [0.05, 0.1) is 6.20 Å². The van der Waals surface area contributed by atoms with Crippen LogP contribution in [0.1, 0.15) is 30.4 Å². The van der Waals surface area contributed by atoms with E-state index in [9.17, 15) is 26.4 Å². The Labute approximate surface area is 251 Å². The number of nitrogens with zero attached hydrogens (tertiary/aromatic N) is 3. The number of nitrogens with one attached hydrogen (secondary N) is 3. The van der Waals surface area contributed by atoms with E-state index in [0.29, 0.717) is 55.6 Å². The first kappa shape index (κ1) is 32.1. The molecule has 2 aliphatic rings. The molecule has 2 aromatic carbocycles. The molecule has 0 spiro atoms. The van der Waals surface area contributed by atoms with Crippen molar-refractivity contribution in [3.8, 4) is 0 Å². The Balaban J connectivity index is 0.000000641. The van der Waals surface area contributed by atoms with Crippen molar-refractivity contribution in [2.45, 2.75) is 38.3 Å². The first-order chi connectivity index (χ1) is 20.3. The molecule has 0 aliphatic carbocycles. The number of amides is 1. The van der Waals surface area contributed by atoms with Gasteiger partial charge >= 0.3 is 6.18 Å². The third kappa shape index (κ3) is 9.61. The van der Waals surface area contributed by atoms with Crippen LogP contribution in [-0.2, 0) is 32.6 Å². The molecule has 1 fully saturated rings. The lowest BCUT2D eigenvalue weighted by molar-refractivity contribution is -0.156. The van der Waals surface area contributed by atoms with Gasteiger partial charge < -0.3 is 16.0 Å². The smallest absolute Gasteiger partial charge is 0.339 e. The summed E-state index contributed by atoms with van der Waals surface area (Å²) >= 11 is 6.34. The summed E-state index contributed by atoms with van der Waals surface area (Å²) < 4.78 is 55.6. The molecule has 0 atom stereocenters. The van der Waals surface area contributed by atoms with E-state index in [-0.39, 0.29) is 11.8 Å². The number of fused-ring (bicyclic) bond motifs is 6. The minimum absolute atomic E-state index is 0.0939. The highest BCUT2D eigenvalue weighted by molar-refractivity contribution is 7.86. The van der Waals surface area contributed by atoms with Gasteiger partial charge in [-0.15, -0.1) is 0 Å². The van der Waals surface area contributed by atoms with E-state index >= 15 is 0 Å². The van der Waals surface area contributed by atoms with E-state index in [1.165, 1.54) is 4.31 Å². The summed E-state index contributed by atoms with van der Waals surface area (Å²) in [6, 6.07) is 13.8. The lowest BCUT2D eigenvalue weighted by atomic mass is 9.94. The second-order valence-corrected chi connectivity index (χ2v) is 12.0. The van der Waals surface area contributed by atoms with Crippen LogP contribution in [0.3, 0.4) is 0 Å². The molecule has 5 N–H and O–H groups in total. The lowest BCUT2D eigenvalue weighted by Gasteiger charge is -2.29. The fraction of sp³-hybridized carbons (Fsp3) is 0.333. The van der Waals surface area contributed by atoms with Crippen LogP contribution in [0.5, 0.6) is 0 Å². The van der Waals surface area contributed by atoms with Crippen LogP contribution < -0.4 is 21.1 Å². The zero-order valence-corrected chi connectivity index (χ0v) is 24.3. The first-order valence-corrected chi connectivity index (χ1v) is 15.1. The number of piperidine rings is 1. The summed E-state index contributed by atoms with van der Waals surface area (Å²) in [5, 5.41) is 15.2. The maximum absolute atomic E-state index is 12.9. The molecule has 2 aliphatic heterocycles. The summed E-state index contributed by atoms with van der Waals surface area (Å²) in [5.41, 5.74) is 4.52. The molecule has 3 heterocycles. The average molecular weight is 640 g/mol. The predicted molar refractivity (Wildman–Crippen MR) is 157 cm³/mol. The Morgan fingerprint density at radius 1 is 1.12 bits per heavy atom. The van der Waals surface area contributed by atoms with Gasteiger partial charge in [0.25, 0.3) is 10.2 Å². The molecule has 3 aromatic rings. The van der Waals surface area contributed by atoms with Gasteiger partial charge in [-0.25, -0.2) is 10.1 Å². The standard InChI is InChI=1S/C25H28ClN7O3S.C2HF3O/c26-21-15-28-25-30-19-3-1-2-16(12-19)4-5-18-14-20(29-24(21)32-25)6-7-22(18)31-23(34)13-17-8-10-33(11-9-17)37(27,35)36;3-2(4,5)1-6/h1-3,6-7,12,14-15,17H,4-5,8-11,13H2,(H,31,34)(H2,27,35,36)(H2,28,29,30,32);1H. The average Bonchev–Trinajstić information content (AvgIpc) is 2.95. The number of halogens is 4. The van der Waals surface area contributed by atoms with E-state index in [1.807, 2.05) is 30.3 Å². The van der Waals surface area contributed by atoms with Crippen molar-refractivity contribution < 1.29 is 31.2 Å². The maximum Gasteiger partial charge on any atom is 0.446 e. The Bertz CT molecular complexity index is 1580. The van der Waals surface area contributed by atoms with Gasteiger partial charge in [0.15, 0.2) is 5.82 Å². The topological polar surface area (TPSA) is 159 Å². The van der Waals surface area contributed by atoms with E-state index in [1.54, 1.807) is 6.20 Å². The Morgan fingerprint density at radius 3 is 2.49 bits per heavy atom. The molecule has 1 amide bonds. The number of rotatable bonds is 4. The third-order valence-electron chi connectivity index (χ3n) is 6.79. The van der Waals surface area contributed by atoms with Gasteiger partial charge in [-0.3, -0.25) is 9.59 Å². The highest BCUT2D eigenvalue weighted by atomic mass is 35.5. The first-order valence-electron chi connectivity index (χ1n) is 13.2. The Hall–Kier alpha value is -3.79. The van der Waals surface area contributed by atoms with Crippen LogP contribution >= 0.6 is 11.6 Å². The minimum atomic E-state index is -4.64. The Morgan fingerprint density at radius 2 is 1.81 bits per heavy atom. The van der Waals surface area contributed by atoms with Crippen LogP contribution in [0, 0.1) is 5.92 Å². The number of alkyl halides is 3. The Kier molecular flexibility index (Phi) is 10.2. The van der Waals surface area contributed by atoms with Crippen LogP contribution in [0.2, 0.25) is 5.02 Å². The molecule has 0 saturated carbocycles. The number of nitrogens with two attached hydrogens (primary N) is 1. The highest BCUT2D eigenvalue weighted by Crippen LogP contribution is 2.30. The molecule has 0 unspecified atom stereocenters. The number of carbonyl (C=O) groups excluding carboxylic acids is 2. The number of hydrogen-bond acceptors (Lipinski definition) is 8. The highest BCUT2D eigenvalue weighted by Gasteiger charge is 2.27. The second-order valence-electron chi connectivity index (χ2n) is 10.0. The van der Waals surface area contributed by atoms with Crippen molar-refractivity contribution in [3.05, 3.63) is 64.8 Å². The summed E-state index contributed by atoms with van der Waals surface area (Å²) in [6.45, 7) is 0.674. The molecular weight excluding hydrogens is 611 g/mol. The quantitative estimate of drug-likeness (QED) is 0.299. The van der Waals surface area contributed by atoms with Crippen molar-refractivity contribution in [3.63, 3.8) is 0 Å². The lowest BCUT2D eigenvalue weighted by Crippen LogP contribution is -2.42. The molecule has 1 saturated heterocycles. The summed E-state index contributed by atoms with van der Waals surface area (Å²) in [7, 11) is -3.68. The number of anilines is 5. The third-order valence-corrected chi connectivity index (χ3v) is 8.15. The minimum Gasteiger partial charge on any atom is -0.339 e. The molecule has 16 heteroatoms. The maximum atomic E-state index is 12.9. The number of aldehydes is 1. The van der Waals surface area contributed by atoms with E-state index in [0.717, 1.165) is 34.6 Å². The molecule has 43 heavy (non-hydrogen) atoms. The van der Waals surface area contributed by atoms with Crippen molar-refractivity contribution >= 4 is 62.8 Å². The predicted octanol–water partition coefficient (Wildman–Crippen LogP) is 4.71. The van der Waals surface area contributed by atoms with Crippen LogP contribution in [0.4, 0.5) is 42.0 Å². The van der Waals surface area contributed by atoms with Crippen molar-refractivity contribution in [1.82, 2.24) is 14.3 Å². The van der Waals surface area contributed by atoms with Crippen LogP contribution in [0.15, 0.2) is 48.7 Å². The zero-order chi connectivity index (χ0) is 31.2. The molecular formula is C27H29ClF3N7O4S. The molecule has 11 nitrogen and oxygen atoms in total. The van der Waals surface area contributed by atoms with Crippen molar-refractivity contribution in [1.29, 1.82) is 0 Å². The van der Waals surface area contributed by atoms with Crippen LogP contribution in [-0.4, -0.2) is 54.2 Å². The number of benzene rings is 2. The second kappa shape index (κ2) is 13.7. The van der Waals surface area contributed by atoms with E-state index in [2.05, 4.69) is 38.1 Å². The SMILES string of the molecule is NS(=O)(=O)N1CCC(CC(=O)Nc2ccc3cc2CCc2cccc(c2)Nc2ncc(Cl)c(n2)N3)CC1.O=CC(F)(F)F. The molecule has 6 bridgehead atoms. The van der Waals surface area contributed by atoms with Crippen molar-refractivity contribution in [2.24, 2.45) is 11.1 Å². The van der Waals surface area contributed by atoms with Crippen molar-refractivity contribution in [2.75, 3.05) is 29.0 Å². The van der Waals surface area contributed by atoms with Gasteiger partial charge in [0.2, 0.25) is 18.1 Å². The van der Waals surface area contributed by atoms with E-state index < -0.39 is 22.7 Å². The van der Waals surface area contributed by atoms with Gasteiger partial charge in [-0.05, 0) is 73.1 Å². The largest absolute Gasteiger partial charge is 0.446 e.